The Hall–Kier alpha value is -9.64. The van der Waals surface area contributed by atoms with Gasteiger partial charge in [0.1, 0.15) is 28.2 Å². The molecule has 1 aliphatic carbocycles. The monoisotopic (exact) mass is 1460 g/mol. The van der Waals surface area contributed by atoms with E-state index < -0.39 is 77.9 Å². The summed E-state index contributed by atoms with van der Waals surface area (Å²) in [5.41, 5.74) is 23.3. The molecule has 0 bridgehead atoms. The van der Waals surface area contributed by atoms with E-state index in [1.54, 1.807) is 153 Å². The van der Waals surface area contributed by atoms with Crippen molar-refractivity contribution in [2.24, 2.45) is 39.5 Å². The molecule has 0 spiro atoms. The van der Waals surface area contributed by atoms with Crippen molar-refractivity contribution in [2.45, 2.75) is 202 Å². The Balaban J connectivity index is 0.000000186. The molecule has 0 saturated heterocycles. The van der Waals surface area contributed by atoms with Crippen molar-refractivity contribution in [2.75, 3.05) is 0 Å². The molecular weight excluding hydrogens is 1310 g/mol. The van der Waals surface area contributed by atoms with Crippen LogP contribution in [0.1, 0.15) is 229 Å². The predicted octanol–water partition coefficient (Wildman–Crippen LogP) is 25.6. The number of aryl methyl sites for hydroxylation is 19. The first-order valence-electron chi connectivity index (χ1n) is 50.8. The third-order valence-electron chi connectivity index (χ3n) is 20.3. The van der Waals surface area contributed by atoms with E-state index in [-0.39, 0.29) is 33.7 Å². The number of hydrogen-bond donors (Lipinski definition) is 0. The van der Waals surface area contributed by atoms with Gasteiger partial charge in [-0.15, -0.1) is 0 Å². The largest absolute Gasteiger partial charge is 0.212 e. The van der Waals surface area contributed by atoms with E-state index in [0.717, 1.165) is 126 Å². The molecule has 0 radical (unpaired) electrons. The van der Waals surface area contributed by atoms with Gasteiger partial charge in [0.15, 0.2) is 24.8 Å². The molecule has 0 amide bonds. The molecule has 0 unspecified atom stereocenters. The third-order valence-corrected chi connectivity index (χ3v) is 20.3. The van der Waals surface area contributed by atoms with Crippen LogP contribution in [0.4, 0.5) is 0 Å². The van der Waals surface area contributed by atoms with Crippen LogP contribution in [0.25, 0.3) is 89.5 Å². The fourth-order valence-corrected chi connectivity index (χ4v) is 14.2. The zero-order valence-corrected chi connectivity index (χ0v) is 66.7. The molecule has 4 heteroatoms. The van der Waals surface area contributed by atoms with Crippen LogP contribution in [0.2, 0.25) is 0 Å². The molecule has 0 atom stereocenters. The van der Waals surface area contributed by atoms with Gasteiger partial charge in [0.2, 0.25) is 22.8 Å². The van der Waals surface area contributed by atoms with E-state index in [4.69, 9.17) is 37.0 Å². The quantitative estimate of drug-likeness (QED) is 0.102. The highest BCUT2D eigenvalue weighted by atomic mass is 14.9. The highest BCUT2D eigenvalue weighted by Gasteiger charge is 2.26. The topological polar surface area (TPSA) is 15.5 Å². The van der Waals surface area contributed by atoms with Crippen LogP contribution in [0.15, 0.2) is 201 Å². The molecule has 108 heavy (non-hydrogen) atoms. The molecule has 1 fully saturated rings. The molecule has 558 valence electrons. The van der Waals surface area contributed by atoms with Gasteiger partial charge >= 0.3 is 0 Å². The number of rotatable bonds is 13. The maximum Gasteiger partial charge on any atom is 0.212 e. The van der Waals surface area contributed by atoms with Gasteiger partial charge in [-0.05, 0) is 304 Å². The van der Waals surface area contributed by atoms with E-state index in [0.29, 0.717) is 66.8 Å². The Kier molecular flexibility index (Phi) is 16.6. The number of hydrogen-bond acceptors (Lipinski definition) is 0. The predicted molar refractivity (Wildman–Crippen MR) is 462 cm³/mol. The van der Waals surface area contributed by atoms with Gasteiger partial charge < -0.3 is 0 Å². The zero-order valence-electron chi connectivity index (χ0n) is 93.7. The Morgan fingerprint density at radius 2 is 0.731 bits per heavy atom. The molecule has 4 heterocycles. The lowest BCUT2D eigenvalue weighted by Crippen LogP contribution is -2.32. The van der Waals surface area contributed by atoms with E-state index in [1.807, 2.05) is 155 Å². The molecule has 1 aliphatic rings. The van der Waals surface area contributed by atoms with Crippen molar-refractivity contribution >= 4 is 0 Å². The van der Waals surface area contributed by atoms with Crippen LogP contribution in [0.5, 0.6) is 0 Å². The number of nitrogens with zero attached hydrogens (tertiary/aromatic N) is 4. The minimum atomic E-state index is -2.35. The van der Waals surface area contributed by atoms with E-state index >= 15 is 0 Å². The van der Waals surface area contributed by atoms with Crippen molar-refractivity contribution in [3.05, 3.63) is 306 Å². The third kappa shape index (κ3) is 19.4. The van der Waals surface area contributed by atoms with Crippen LogP contribution in [-0.2, 0) is 40.9 Å². The average molecular weight is 1460 g/mol. The molecule has 0 N–H and O–H groups in total. The molecule has 0 aliphatic heterocycles. The Morgan fingerprint density at radius 1 is 0.361 bits per heavy atom. The minimum Gasteiger partial charge on any atom is -0.201 e. The summed E-state index contributed by atoms with van der Waals surface area (Å²) in [6, 6.07) is 53.1. The first-order chi connectivity index (χ1) is 61.8. The van der Waals surface area contributed by atoms with Gasteiger partial charge in [-0.3, -0.25) is 0 Å². The minimum absolute atomic E-state index is 0.210. The van der Waals surface area contributed by atoms with Gasteiger partial charge in [0.05, 0.1) is 0 Å². The molecule has 4 nitrogen and oxygen atoms in total. The Bertz CT molecular complexity index is 6360. The number of benzene rings is 8. The fourth-order valence-electron chi connectivity index (χ4n) is 14.2. The van der Waals surface area contributed by atoms with Crippen LogP contribution < -0.4 is 18.3 Å². The van der Waals surface area contributed by atoms with Crippen molar-refractivity contribution in [1.29, 1.82) is 0 Å². The lowest BCUT2D eigenvalue weighted by molar-refractivity contribution is -0.661. The van der Waals surface area contributed by atoms with Gasteiger partial charge in [0.25, 0.3) is 0 Å². The summed E-state index contributed by atoms with van der Waals surface area (Å²) in [7, 11) is 7.40. The van der Waals surface area contributed by atoms with Gasteiger partial charge in [-0.2, -0.15) is 0 Å². The summed E-state index contributed by atoms with van der Waals surface area (Å²) < 4.78 is 225. The first kappa shape index (κ1) is 51.6. The summed E-state index contributed by atoms with van der Waals surface area (Å²) in [6.45, 7) is 12.1. The van der Waals surface area contributed by atoms with Crippen molar-refractivity contribution in [3.8, 4) is 89.5 Å². The smallest absolute Gasteiger partial charge is 0.201 e. The molecular formula is C104H126N4+4. The SMILES string of the molecule is [2H]C([2H])([2H])c1c[n+](C)c(-c2cc(-c3ccc(C([2H])(C)C)cc3)c(C([2H])([2H])[2H])cc2C)cc1C.[2H]C([2H])([2H])c1c[n+](C)c(-c2cc(-c3ccc(C([2H])([2H])C(C)(C)C)cc3)c(C([2H])([2H])[2H])cc2C)cc1C.[2H]C([2H])([2H])c1c[n+](C)c(-c2cc(-c3ccc(C([2H])([2H])C(C)C)cc3)c(C([2H])([2H])[2H])cc2C)cc1C.[2H]C([2H])([2H])c1ccccc1-c1ccc(C)c(-c2cc(C)c(C3([2H])CCCC3)c[n+]2C)c1. The van der Waals surface area contributed by atoms with E-state index in [9.17, 15) is 0 Å². The standard InChI is InChI=1S/C27H34N.C26H30N.C26H32N.C25H30N/c1-18-14-26(28(8)17-21(18)4)25-15-24(19(2)13-20(25)3)23-11-9-22(10-12-23)16-27(5,6)7;1-18-9-5-8-12-23(18)22-14-13-19(2)24(16-22)26-15-20(3)25(17-27(26)4)21-10-6-7-11-21;1-17(2)12-22-8-10-23(11-9-22)24-15-25(20(5)13-19(24)4)26-14-18(3)21(6)16-27(26)7;1-16(2)21-8-10-22(11-9-21)23-14-24(19(5)12-18(23)4)25-13-17(3)20(6)15-26(25)7/h9-15,17H,16H2,1-8H3;5,8-9,12-17,21H,6-7,10-11H2,1-4H3;8-11,13-17H,12H2,1-7H3;8-16H,1-7H3/q4*+1/i2D3,4D3,16D2;1D3,21D;4D3,6D3,12D2;4D3,6D3,16D. The number of aromatic nitrogens is 4. The van der Waals surface area contributed by atoms with Gasteiger partial charge in [-0.25, -0.2) is 18.3 Å². The Morgan fingerprint density at radius 3 is 1.13 bits per heavy atom. The number of pyridine rings is 4. The second-order valence-corrected chi connectivity index (χ2v) is 30.9. The second-order valence-electron chi connectivity index (χ2n) is 30.9. The van der Waals surface area contributed by atoms with Crippen LogP contribution >= 0.6 is 0 Å². The lowest BCUT2D eigenvalue weighted by Gasteiger charge is -2.18. The second kappa shape index (κ2) is 34.7. The zero-order chi connectivity index (χ0) is 101. The molecule has 8 aromatic carbocycles. The summed E-state index contributed by atoms with van der Waals surface area (Å²) in [6.07, 6.45) is 8.00. The van der Waals surface area contributed by atoms with E-state index in [2.05, 4.69) is 42.8 Å². The molecule has 13 rings (SSSR count). The normalized spacial score (nSPS) is 17.4. The summed E-state index contributed by atoms with van der Waals surface area (Å²) >= 11 is 0. The van der Waals surface area contributed by atoms with Crippen LogP contribution in [0.3, 0.4) is 0 Å². The Labute approximate surface area is 690 Å². The van der Waals surface area contributed by atoms with E-state index in [1.165, 1.54) is 0 Å². The summed E-state index contributed by atoms with van der Waals surface area (Å²) in [4.78, 5) is 0. The maximum absolute atomic E-state index is 8.94. The molecule has 1 saturated carbocycles. The van der Waals surface area contributed by atoms with Crippen LogP contribution in [-0.4, -0.2) is 0 Å². The first-order valence-corrected chi connectivity index (χ1v) is 37.3. The summed E-state index contributed by atoms with van der Waals surface area (Å²) in [5.74, 6) is -1.44. The maximum atomic E-state index is 8.94. The van der Waals surface area contributed by atoms with Crippen molar-refractivity contribution in [1.82, 2.24) is 0 Å². The average Bonchev–Trinajstić information content (AvgIpc) is 1.23. The molecule has 4 aromatic heterocycles. The van der Waals surface area contributed by atoms with Crippen LogP contribution in [0, 0.1) is 115 Å². The van der Waals surface area contributed by atoms with Crippen molar-refractivity contribution < 1.29 is 55.3 Å². The van der Waals surface area contributed by atoms with Gasteiger partial charge in [0, 0.05) is 106 Å². The van der Waals surface area contributed by atoms with Gasteiger partial charge in [-0.1, -0.05) is 189 Å². The fraction of sp³-hybridized carbons (Fsp3) is 0.346. The summed E-state index contributed by atoms with van der Waals surface area (Å²) in [5, 5.41) is 0. The highest BCUT2D eigenvalue weighted by molar-refractivity contribution is 5.80. The molecule has 12 aromatic rings. The highest BCUT2D eigenvalue weighted by Crippen LogP contribution is 2.40. The van der Waals surface area contributed by atoms with Crippen molar-refractivity contribution in [3.63, 3.8) is 0 Å². The lowest BCUT2D eigenvalue weighted by atomic mass is 9.87.